The maximum Gasteiger partial charge on any atom is 0.357 e. The van der Waals surface area contributed by atoms with Crippen molar-refractivity contribution in [2.24, 2.45) is 0 Å². The molecule has 0 saturated carbocycles. The lowest BCUT2D eigenvalue weighted by molar-refractivity contribution is 0.0311. The molecule has 0 aliphatic carbocycles. The third-order valence-corrected chi connectivity index (χ3v) is 4.59. The van der Waals surface area contributed by atoms with Gasteiger partial charge >= 0.3 is 11.9 Å². The second-order valence-corrected chi connectivity index (χ2v) is 6.56. The first-order valence-electron chi connectivity index (χ1n) is 8.97. The van der Waals surface area contributed by atoms with Crippen LogP contribution in [0.15, 0.2) is 36.4 Å². The molecule has 150 valence electrons. The normalized spacial score (nSPS) is 11.7. The van der Waals surface area contributed by atoms with E-state index in [1.807, 2.05) is 30.3 Å². The van der Waals surface area contributed by atoms with E-state index in [1.165, 1.54) is 14.0 Å². The number of benzene rings is 1. The van der Waals surface area contributed by atoms with Crippen molar-refractivity contribution in [3.05, 3.63) is 64.6 Å². The fraction of sp³-hybridized carbons (Fsp3) is 0.238. The number of carbonyl (C=O) groups excluding carboxylic acids is 3. The van der Waals surface area contributed by atoms with Crippen molar-refractivity contribution >= 4 is 17.7 Å². The van der Waals surface area contributed by atoms with E-state index in [9.17, 15) is 14.4 Å². The average molecular weight is 395 g/mol. The van der Waals surface area contributed by atoms with Crippen molar-refractivity contribution in [2.75, 3.05) is 7.11 Å². The SMILES string of the molecule is COC(=O)c1c(C)[nH]c(C(=O)[C@@H](C)OC(=O)c2cc(-c3ccccc3)n[nH]2)c1C. The molecule has 0 amide bonds. The van der Waals surface area contributed by atoms with Crippen LogP contribution in [0.4, 0.5) is 0 Å². The van der Waals surface area contributed by atoms with Gasteiger partial charge < -0.3 is 14.5 Å². The molecular formula is C21H21N3O5. The van der Waals surface area contributed by atoms with Crippen LogP contribution in [0.1, 0.15) is 49.5 Å². The zero-order valence-corrected chi connectivity index (χ0v) is 16.5. The molecule has 2 aromatic heterocycles. The Labute approximate surface area is 167 Å². The molecule has 8 nitrogen and oxygen atoms in total. The van der Waals surface area contributed by atoms with Crippen molar-refractivity contribution in [3.63, 3.8) is 0 Å². The topological polar surface area (TPSA) is 114 Å². The number of esters is 2. The minimum Gasteiger partial charge on any atom is -0.465 e. The second-order valence-electron chi connectivity index (χ2n) is 6.56. The van der Waals surface area contributed by atoms with Crippen LogP contribution in [0.3, 0.4) is 0 Å². The number of ether oxygens (including phenoxy) is 2. The van der Waals surface area contributed by atoms with Crippen LogP contribution in [0.2, 0.25) is 0 Å². The van der Waals surface area contributed by atoms with Gasteiger partial charge in [-0.15, -0.1) is 0 Å². The molecule has 0 aliphatic heterocycles. The van der Waals surface area contributed by atoms with Crippen LogP contribution in [0, 0.1) is 13.8 Å². The Balaban J connectivity index is 1.74. The molecule has 0 saturated heterocycles. The van der Waals surface area contributed by atoms with Crippen molar-refractivity contribution in [1.82, 2.24) is 15.2 Å². The van der Waals surface area contributed by atoms with Crippen LogP contribution in [0.25, 0.3) is 11.3 Å². The quantitative estimate of drug-likeness (QED) is 0.489. The van der Waals surface area contributed by atoms with E-state index < -0.39 is 23.8 Å². The Morgan fingerprint density at radius 2 is 1.76 bits per heavy atom. The number of Topliss-reactive ketones (excluding diaryl/α,β-unsaturated/α-hetero) is 1. The van der Waals surface area contributed by atoms with Gasteiger partial charge in [0.05, 0.1) is 24.1 Å². The van der Waals surface area contributed by atoms with Gasteiger partial charge in [0.15, 0.2) is 6.10 Å². The van der Waals surface area contributed by atoms with Gasteiger partial charge in [-0.3, -0.25) is 9.89 Å². The highest BCUT2D eigenvalue weighted by molar-refractivity contribution is 6.04. The smallest absolute Gasteiger partial charge is 0.357 e. The summed E-state index contributed by atoms with van der Waals surface area (Å²) in [5.74, 6) is -1.68. The molecule has 2 N–H and O–H groups in total. The van der Waals surface area contributed by atoms with E-state index >= 15 is 0 Å². The number of nitrogens with zero attached hydrogens (tertiary/aromatic N) is 1. The molecular weight excluding hydrogens is 374 g/mol. The Hall–Kier alpha value is -3.68. The summed E-state index contributed by atoms with van der Waals surface area (Å²) >= 11 is 0. The van der Waals surface area contributed by atoms with E-state index in [-0.39, 0.29) is 11.4 Å². The number of hydrogen-bond donors (Lipinski definition) is 2. The van der Waals surface area contributed by atoms with Crippen LogP contribution in [0.5, 0.6) is 0 Å². The van der Waals surface area contributed by atoms with Crippen LogP contribution in [-0.4, -0.2) is 46.1 Å². The minimum absolute atomic E-state index is 0.137. The van der Waals surface area contributed by atoms with Gasteiger partial charge in [0.25, 0.3) is 0 Å². The lowest BCUT2D eigenvalue weighted by atomic mass is 10.1. The number of ketones is 1. The number of H-pyrrole nitrogens is 2. The minimum atomic E-state index is -1.06. The molecule has 1 aromatic carbocycles. The predicted octanol–water partition coefficient (Wildman–Crippen LogP) is 3.24. The van der Waals surface area contributed by atoms with E-state index in [2.05, 4.69) is 15.2 Å². The predicted molar refractivity (Wildman–Crippen MR) is 105 cm³/mol. The highest BCUT2D eigenvalue weighted by atomic mass is 16.5. The summed E-state index contributed by atoms with van der Waals surface area (Å²) in [4.78, 5) is 39.9. The number of nitrogens with one attached hydrogen (secondary N) is 2. The Morgan fingerprint density at radius 3 is 2.41 bits per heavy atom. The van der Waals surface area contributed by atoms with Crippen molar-refractivity contribution in [1.29, 1.82) is 0 Å². The fourth-order valence-corrected chi connectivity index (χ4v) is 3.07. The monoisotopic (exact) mass is 395 g/mol. The van der Waals surface area contributed by atoms with Crippen LogP contribution >= 0.6 is 0 Å². The maximum atomic E-state index is 12.7. The van der Waals surface area contributed by atoms with Gasteiger partial charge in [0.2, 0.25) is 5.78 Å². The first kappa shape index (κ1) is 20.1. The number of carbonyl (C=O) groups is 3. The van der Waals surface area contributed by atoms with Gasteiger partial charge in [0.1, 0.15) is 5.69 Å². The van der Waals surface area contributed by atoms with Crippen molar-refractivity contribution in [2.45, 2.75) is 26.9 Å². The molecule has 1 atom stereocenters. The molecule has 0 spiro atoms. The first-order chi connectivity index (χ1) is 13.8. The Bertz CT molecular complexity index is 1070. The standard InChI is InChI=1S/C21H21N3O5/c1-11-17(21(27)28-4)12(2)22-18(11)19(25)13(3)29-20(26)16-10-15(23-24-16)14-8-6-5-7-9-14/h5-10,13,22H,1-4H3,(H,23,24)/t13-/m1/s1. The van der Waals surface area contributed by atoms with Crippen LogP contribution < -0.4 is 0 Å². The zero-order valence-electron chi connectivity index (χ0n) is 16.5. The number of rotatable bonds is 6. The molecule has 8 heteroatoms. The molecule has 0 unspecified atom stereocenters. The van der Waals surface area contributed by atoms with E-state index in [4.69, 9.17) is 9.47 Å². The van der Waals surface area contributed by atoms with Crippen molar-refractivity contribution in [3.8, 4) is 11.3 Å². The summed E-state index contributed by atoms with van der Waals surface area (Å²) in [5.41, 5.74) is 3.05. The third kappa shape index (κ3) is 3.96. The molecule has 2 heterocycles. The molecule has 0 radical (unpaired) electrons. The molecule has 3 rings (SSSR count). The maximum absolute atomic E-state index is 12.7. The summed E-state index contributed by atoms with van der Waals surface area (Å²) in [6, 6.07) is 10.9. The van der Waals surface area contributed by atoms with Gasteiger partial charge in [-0.1, -0.05) is 30.3 Å². The second kappa shape index (κ2) is 8.14. The number of hydrogen-bond acceptors (Lipinski definition) is 6. The first-order valence-corrected chi connectivity index (χ1v) is 8.97. The van der Waals surface area contributed by atoms with Gasteiger partial charge in [-0.2, -0.15) is 5.10 Å². The summed E-state index contributed by atoms with van der Waals surface area (Å²) in [5, 5.41) is 6.74. The lowest BCUT2D eigenvalue weighted by Crippen LogP contribution is -2.25. The highest BCUT2D eigenvalue weighted by Crippen LogP contribution is 2.22. The zero-order chi connectivity index (χ0) is 21.1. The molecule has 0 aliphatic rings. The fourth-order valence-electron chi connectivity index (χ4n) is 3.07. The van der Waals surface area contributed by atoms with Crippen LogP contribution in [-0.2, 0) is 9.47 Å². The van der Waals surface area contributed by atoms with E-state index in [0.717, 1.165) is 5.56 Å². The molecule has 3 aromatic rings. The average Bonchev–Trinajstić information content (AvgIpc) is 3.32. The van der Waals surface area contributed by atoms with Gasteiger partial charge in [-0.25, -0.2) is 9.59 Å². The summed E-state index contributed by atoms with van der Waals surface area (Å²) < 4.78 is 10.0. The summed E-state index contributed by atoms with van der Waals surface area (Å²) in [7, 11) is 1.27. The van der Waals surface area contributed by atoms with E-state index in [1.54, 1.807) is 19.9 Å². The van der Waals surface area contributed by atoms with Gasteiger partial charge in [0, 0.05) is 11.3 Å². The van der Waals surface area contributed by atoms with Gasteiger partial charge in [-0.05, 0) is 32.4 Å². The third-order valence-electron chi connectivity index (χ3n) is 4.59. The summed E-state index contributed by atoms with van der Waals surface area (Å²) in [6.07, 6.45) is -1.06. The number of aromatic amines is 2. The molecule has 0 bridgehead atoms. The van der Waals surface area contributed by atoms with E-state index in [0.29, 0.717) is 22.5 Å². The largest absolute Gasteiger partial charge is 0.465 e. The lowest BCUT2D eigenvalue weighted by Gasteiger charge is -2.11. The molecule has 29 heavy (non-hydrogen) atoms. The Morgan fingerprint density at radius 1 is 1.07 bits per heavy atom. The summed E-state index contributed by atoms with van der Waals surface area (Å²) in [6.45, 7) is 4.78. The Kier molecular flexibility index (Phi) is 5.63. The number of methoxy groups -OCH3 is 1. The van der Waals surface area contributed by atoms with Crippen molar-refractivity contribution < 1.29 is 23.9 Å². The molecule has 0 fully saturated rings. The highest BCUT2D eigenvalue weighted by Gasteiger charge is 2.28. The number of aromatic nitrogens is 3. The number of aryl methyl sites for hydroxylation is 1.